The molecule has 0 aliphatic heterocycles. The summed E-state index contributed by atoms with van der Waals surface area (Å²) in [6.45, 7) is 3.82. The molecule has 0 saturated carbocycles. The summed E-state index contributed by atoms with van der Waals surface area (Å²) in [5, 5.41) is 8.60. The third-order valence-electron chi connectivity index (χ3n) is 2.52. The van der Waals surface area contributed by atoms with Crippen molar-refractivity contribution < 1.29 is 14.7 Å². The van der Waals surface area contributed by atoms with Gasteiger partial charge < -0.3 is 10.8 Å². The molecule has 0 rings (SSSR count). The van der Waals surface area contributed by atoms with Crippen LogP contribution in [0.15, 0.2) is 0 Å². The van der Waals surface area contributed by atoms with Crippen molar-refractivity contribution in [1.29, 1.82) is 0 Å². The Kier molecular flexibility index (Phi) is 6.96. The number of carbonyl (C=O) groups excluding carboxylic acids is 1. The first-order valence-corrected chi connectivity index (χ1v) is 5.47. The number of Topliss-reactive ketones (excluding diaryl/α,β-unsaturated/α-hetero) is 1. The van der Waals surface area contributed by atoms with Crippen molar-refractivity contribution in [3.05, 3.63) is 0 Å². The van der Waals surface area contributed by atoms with E-state index >= 15 is 0 Å². The molecule has 15 heavy (non-hydrogen) atoms. The van der Waals surface area contributed by atoms with Crippen molar-refractivity contribution in [2.75, 3.05) is 0 Å². The molecule has 0 aromatic rings. The van der Waals surface area contributed by atoms with Crippen LogP contribution in [-0.4, -0.2) is 22.9 Å². The predicted molar refractivity (Wildman–Crippen MR) is 58.5 cm³/mol. The lowest BCUT2D eigenvalue weighted by Gasteiger charge is -2.13. The van der Waals surface area contributed by atoms with Gasteiger partial charge in [0, 0.05) is 12.8 Å². The molecule has 3 N–H and O–H groups in total. The van der Waals surface area contributed by atoms with Crippen LogP contribution in [0.4, 0.5) is 0 Å². The summed E-state index contributed by atoms with van der Waals surface area (Å²) >= 11 is 0. The van der Waals surface area contributed by atoms with Crippen molar-refractivity contribution in [1.82, 2.24) is 0 Å². The molecular formula is C11H21NO3. The Balaban J connectivity index is 3.61. The van der Waals surface area contributed by atoms with Crippen LogP contribution in [0.3, 0.4) is 0 Å². The molecule has 2 atom stereocenters. The van der Waals surface area contributed by atoms with E-state index in [1.807, 2.05) is 13.8 Å². The van der Waals surface area contributed by atoms with Crippen LogP contribution >= 0.6 is 0 Å². The maximum absolute atomic E-state index is 11.0. The Morgan fingerprint density at radius 2 is 2.00 bits per heavy atom. The lowest BCUT2D eigenvalue weighted by molar-refractivity contribution is -0.139. The molecule has 0 amide bonds. The highest BCUT2D eigenvalue weighted by Crippen LogP contribution is 2.14. The van der Waals surface area contributed by atoms with E-state index in [0.29, 0.717) is 19.3 Å². The maximum atomic E-state index is 11.0. The number of carbonyl (C=O) groups is 2. The molecule has 4 heteroatoms. The Morgan fingerprint density at radius 3 is 2.47 bits per heavy atom. The molecule has 2 unspecified atom stereocenters. The smallest absolute Gasteiger partial charge is 0.320 e. The van der Waals surface area contributed by atoms with E-state index in [4.69, 9.17) is 10.8 Å². The quantitative estimate of drug-likeness (QED) is 0.644. The Hall–Kier alpha value is -0.900. The van der Waals surface area contributed by atoms with Gasteiger partial charge >= 0.3 is 5.97 Å². The van der Waals surface area contributed by atoms with Crippen LogP contribution in [0.2, 0.25) is 0 Å². The highest BCUT2D eigenvalue weighted by atomic mass is 16.4. The van der Waals surface area contributed by atoms with E-state index in [-0.39, 0.29) is 11.7 Å². The first kappa shape index (κ1) is 14.1. The van der Waals surface area contributed by atoms with Crippen LogP contribution in [0.1, 0.15) is 46.0 Å². The molecule has 88 valence electrons. The number of hydrogen-bond acceptors (Lipinski definition) is 3. The number of carboxylic acid groups (broad SMARTS) is 1. The first-order valence-electron chi connectivity index (χ1n) is 5.47. The largest absolute Gasteiger partial charge is 0.480 e. The molecule has 0 bridgehead atoms. The van der Waals surface area contributed by atoms with E-state index in [2.05, 4.69) is 0 Å². The van der Waals surface area contributed by atoms with Gasteiger partial charge in [-0.25, -0.2) is 0 Å². The van der Waals surface area contributed by atoms with Gasteiger partial charge in [-0.3, -0.25) is 9.59 Å². The van der Waals surface area contributed by atoms with Crippen LogP contribution in [0.25, 0.3) is 0 Å². The Bertz CT molecular complexity index is 216. The van der Waals surface area contributed by atoms with Gasteiger partial charge in [-0.15, -0.1) is 0 Å². The lowest BCUT2D eigenvalue weighted by Crippen LogP contribution is -2.31. The zero-order valence-corrected chi connectivity index (χ0v) is 9.53. The number of rotatable bonds is 8. The molecule has 4 nitrogen and oxygen atoms in total. The summed E-state index contributed by atoms with van der Waals surface area (Å²) in [4.78, 5) is 21.5. The van der Waals surface area contributed by atoms with Crippen LogP contribution in [-0.2, 0) is 9.59 Å². The third-order valence-corrected chi connectivity index (χ3v) is 2.52. The second kappa shape index (κ2) is 7.40. The van der Waals surface area contributed by atoms with Crippen molar-refractivity contribution in [3.8, 4) is 0 Å². The van der Waals surface area contributed by atoms with Crippen molar-refractivity contribution in [2.24, 2.45) is 11.7 Å². The number of ketones is 1. The second-order valence-corrected chi connectivity index (χ2v) is 4.07. The van der Waals surface area contributed by atoms with Gasteiger partial charge in [0.05, 0.1) is 0 Å². The minimum Gasteiger partial charge on any atom is -0.480 e. The fraction of sp³-hybridized carbons (Fsp3) is 0.818. The summed E-state index contributed by atoms with van der Waals surface area (Å²) in [7, 11) is 0. The van der Waals surface area contributed by atoms with E-state index in [0.717, 1.165) is 12.8 Å². The lowest BCUT2D eigenvalue weighted by atomic mass is 9.95. The molecule has 0 aromatic heterocycles. The zero-order chi connectivity index (χ0) is 11.8. The summed E-state index contributed by atoms with van der Waals surface area (Å²) in [6.07, 6.45) is 3.37. The molecule has 0 fully saturated rings. The maximum Gasteiger partial charge on any atom is 0.320 e. The van der Waals surface area contributed by atoms with Gasteiger partial charge in [-0.1, -0.05) is 20.3 Å². The van der Waals surface area contributed by atoms with Gasteiger partial charge in [0.2, 0.25) is 0 Å². The normalized spacial score (nSPS) is 14.6. The fourth-order valence-corrected chi connectivity index (χ4v) is 1.48. The van der Waals surface area contributed by atoms with E-state index < -0.39 is 12.0 Å². The zero-order valence-electron chi connectivity index (χ0n) is 9.53. The van der Waals surface area contributed by atoms with Gasteiger partial charge in [-0.2, -0.15) is 0 Å². The van der Waals surface area contributed by atoms with Crippen molar-refractivity contribution in [3.63, 3.8) is 0 Å². The van der Waals surface area contributed by atoms with Gasteiger partial charge in [0.1, 0.15) is 11.8 Å². The highest BCUT2D eigenvalue weighted by Gasteiger charge is 2.15. The minimum absolute atomic E-state index is 0.265. The van der Waals surface area contributed by atoms with Crippen molar-refractivity contribution in [2.45, 2.75) is 52.0 Å². The standard InChI is InChI=1S/C11H21NO3/c1-3-9(13)6-4-5-8(2)7-10(12)11(14)15/h8,10H,3-7,12H2,1-2H3,(H,14,15). The first-order chi connectivity index (χ1) is 6.97. The summed E-state index contributed by atoms with van der Waals surface area (Å²) < 4.78 is 0. The van der Waals surface area contributed by atoms with Crippen LogP contribution in [0.5, 0.6) is 0 Å². The average Bonchev–Trinajstić information content (AvgIpc) is 2.17. The molecule has 0 heterocycles. The molecule has 0 saturated heterocycles. The van der Waals surface area contributed by atoms with Gasteiger partial charge in [-0.05, 0) is 18.8 Å². The molecular weight excluding hydrogens is 194 g/mol. The topological polar surface area (TPSA) is 80.4 Å². The molecule has 0 radical (unpaired) electrons. The van der Waals surface area contributed by atoms with E-state index in [1.165, 1.54) is 0 Å². The Morgan fingerprint density at radius 1 is 1.40 bits per heavy atom. The predicted octanol–water partition coefficient (Wildman–Crippen LogP) is 1.57. The molecule has 0 aromatic carbocycles. The number of nitrogens with two attached hydrogens (primary N) is 1. The van der Waals surface area contributed by atoms with Gasteiger partial charge in [0.25, 0.3) is 0 Å². The Labute approximate surface area is 90.8 Å². The third kappa shape index (κ3) is 7.08. The SMILES string of the molecule is CCC(=O)CCCC(C)CC(N)C(=O)O. The summed E-state index contributed by atoms with van der Waals surface area (Å²) in [6, 6.07) is -0.776. The van der Waals surface area contributed by atoms with Crippen LogP contribution in [0, 0.1) is 5.92 Å². The average molecular weight is 215 g/mol. The molecule has 0 aliphatic rings. The number of hydrogen-bond donors (Lipinski definition) is 2. The summed E-state index contributed by atoms with van der Waals surface area (Å²) in [5.41, 5.74) is 5.41. The van der Waals surface area contributed by atoms with Crippen molar-refractivity contribution >= 4 is 11.8 Å². The molecule has 0 aliphatic carbocycles. The minimum atomic E-state index is -0.952. The van der Waals surface area contributed by atoms with Gasteiger partial charge in [0.15, 0.2) is 0 Å². The summed E-state index contributed by atoms with van der Waals surface area (Å²) in [5.74, 6) is -0.419. The van der Waals surface area contributed by atoms with E-state index in [9.17, 15) is 9.59 Å². The highest BCUT2D eigenvalue weighted by molar-refractivity contribution is 5.77. The molecule has 0 spiro atoms. The second-order valence-electron chi connectivity index (χ2n) is 4.07. The van der Waals surface area contributed by atoms with Crippen LogP contribution < -0.4 is 5.73 Å². The number of carboxylic acids is 1. The number of aliphatic carboxylic acids is 1. The fourth-order valence-electron chi connectivity index (χ4n) is 1.48. The monoisotopic (exact) mass is 215 g/mol. The van der Waals surface area contributed by atoms with E-state index in [1.54, 1.807) is 0 Å².